The Hall–Kier alpha value is -9.44. The summed E-state index contributed by atoms with van der Waals surface area (Å²) in [5.74, 6) is 1.31. The van der Waals surface area contributed by atoms with Crippen molar-refractivity contribution in [2.45, 2.75) is 222 Å². The molecule has 16 heteroatoms. The molecule has 0 fully saturated rings. The van der Waals surface area contributed by atoms with Gasteiger partial charge >= 0.3 is 0 Å². The van der Waals surface area contributed by atoms with E-state index >= 15 is 0 Å². The first-order valence-corrected chi connectivity index (χ1v) is 34.5. The van der Waals surface area contributed by atoms with Gasteiger partial charge in [0.05, 0.1) is 0 Å². The van der Waals surface area contributed by atoms with Crippen molar-refractivity contribution >= 4 is 44.1 Å². The summed E-state index contributed by atoms with van der Waals surface area (Å²) in [4.78, 5) is 6.22. The van der Waals surface area contributed by atoms with Gasteiger partial charge in [-0.3, -0.25) is 0 Å². The molecule has 0 spiro atoms. The molecule has 0 amide bonds. The van der Waals surface area contributed by atoms with Gasteiger partial charge in [-0.1, -0.05) is 232 Å². The molecule has 0 bridgehead atoms. The Kier molecular flexibility index (Phi) is 20.4. The van der Waals surface area contributed by atoms with Gasteiger partial charge in [-0.05, 0) is 164 Å². The Bertz CT molecular complexity index is 4530. The number of phenols is 4. The summed E-state index contributed by atoms with van der Waals surface area (Å²) in [7, 11) is 0. The van der Waals surface area contributed by atoms with Crippen LogP contribution in [0.5, 0.6) is 23.0 Å². The second kappa shape index (κ2) is 27.5. The average Bonchev–Trinajstić information content (AvgIpc) is 1.42. The van der Waals surface area contributed by atoms with Crippen LogP contribution in [-0.4, -0.2) is 80.4 Å². The number of hydrogen-bond acceptors (Lipinski definition) is 12. The lowest BCUT2D eigenvalue weighted by molar-refractivity contribution is 0.420. The number of rotatable bonds is 10. The Morgan fingerprint density at radius 1 is 0.296 bits per heavy atom. The molecular formula is C82H104N12O4. The van der Waals surface area contributed by atoms with Crippen LogP contribution in [0.25, 0.3) is 66.9 Å². The molecule has 0 aliphatic carbocycles. The van der Waals surface area contributed by atoms with Crippen molar-refractivity contribution in [3.05, 3.63) is 190 Å². The third kappa shape index (κ3) is 15.8. The number of hydrogen-bond donors (Lipinski definition) is 4. The van der Waals surface area contributed by atoms with Gasteiger partial charge in [0.15, 0.2) is 0 Å². The highest BCUT2D eigenvalue weighted by Crippen LogP contribution is 2.44. The molecule has 4 heterocycles. The summed E-state index contributed by atoms with van der Waals surface area (Å²) in [6, 6.07) is 47.5. The van der Waals surface area contributed by atoms with Crippen LogP contribution in [0.2, 0.25) is 0 Å². The minimum Gasteiger partial charge on any atom is -0.505 e. The molecule has 516 valence electrons. The van der Waals surface area contributed by atoms with Crippen molar-refractivity contribution in [1.29, 1.82) is 0 Å². The van der Waals surface area contributed by atoms with E-state index in [1.165, 1.54) is 11.1 Å². The minimum atomic E-state index is -0.174. The average molecular weight is 1320 g/mol. The number of phenolic OH excluding ortho intramolecular Hbond substituents is 4. The van der Waals surface area contributed by atoms with Gasteiger partial charge in [-0.15, -0.1) is 60.0 Å². The Morgan fingerprint density at radius 3 is 0.776 bits per heavy atom. The lowest BCUT2D eigenvalue weighted by Gasteiger charge is -2.30. The maximum atomic E-state index is 11.1. The summed E-state index contributed by atoms with van der Waals surface area (Å²) in [6.45, 7) is 49.6. The van der Waals surface area contributed by atoms with E-state index in [2.05, 4.69) is 224 Å². The molecule has 8 aromatic carbocycles. The van der Waals surface area contributed by atoms with Crippen molar-refractivity contribution in [1.82, 2.24) is 60.0 Å². The van der Waals surface area contributed by atoms with Crippen molar-refractivity contribution in [2.24, 2.45) is 0 Å². The summed E-state index contributed by atoms with van der Waals surface area (Å²) in [6.07, 6.45) is 2.91. The third-order valence-electron chi connectivity index (χ3n) is 19.0. The molecule has 0 saturated heterocycles. The molecule has 1 unspecified atom stereocenters. The van der Waals surface area contributed by atoms with Crippen molar-refractivity contribution < 1.29 is 20.4 Å². The summed E-state index contributed by atoms with van der Waals surface area (Å²) in [5, 5.41) is 80.1. The number of aromatic hydroxyl groups is 4. The van der Waals surface area contributed by atoms with E-state index in [0.29, 0.717) is 22.7 Å². The van der Waals surface area contributed by atoms with Gasteiger partial charge in [0.2, 0.25) is 0 Å². The standard InChI is InChI=1S/C22H29N3O.3C20H25N3O/c1-7-21(3,4)15-13-16(22(5,6)8-2)20(26)19(14-15)25-23-17-11-9-10-12-18(17)24-25;2*1-19(2,3)13-11-14(20(4,5)6)18(24)17(12-13)23-21-15-9-7-8-10-16(15)22-23;1-6-13(2)15-11-14(20(3,4)5)12-18(19(15)24)23-21-16-9-7-8-10-17(16)22-23/h9-14,26H,7-8H2,1-6H3;2*7-12,24H,1-6H3;7-13,24H,6H2,1-5H3. The zero-order valence-electron chi connectivity index (χ0n) is 62.2. The first-order chi connectivity index (χ1) is 45.6. The van der Waals surface area contributed by atoms with Gasteiger partial charge in [0.25, 0.3) is 0 Å². The van der Waals surface area contributed by atoms with Gasteiger partial charge in [-0.25, -0.2) is 0 Å². The van der Waals surface area contributed by atoms with Gasteiger partial charge in [0.1, 0.15) is 89.9 Å². The summed E-state index contributed by atoms with van der Waals surface area (Å²) < 4.78 is 0. The van der Waals surface area contributed by atoms with Gasteiger partial charge < -0.3 is 20.4 Å². The number of aromatic nitrogens is 12. The van der Waals surface area contributed by atoms with Crippen LogP contribution in [-0.2, 0) is 37.9 Å². The lowest BCUT2D eigenvalue weighted by atomic mass is 9.76. The second-order valence-electron chi connectivity index (χ2n) is 32.6. The largest absolute Gasteiger partial charge is 0.505 e. The SMILES string of the molecule is CC(C)(C)c1cc(-n2nc3ccccc3n2)c(O)c(C(C)(C)C)c1.CC(C)(C)c1cc(-n2nc3ccccc3n2)c(O)c(C(C)(C)C)c1.CCC(C)(C)c1cc(-n2nc3ccccc3n2)c(O)c(C(C)(C)CC)c1.CCC(C)c1cc(C(C)(C)C)cc(-n2nc3ccccc3n2)c1O. The number of benzene rings is 8. The van der Waals surface area contributed by atoms with E-state index < -0.39 is 0 Å². The smallest absolute Gasteiger partial charge is 0.146 e. The molecule has 12 rings (SSSR count). The van der Waals surface area contributed by atoms with Crippen LogP contribution >= 0.6 is 0 Å². The molecular weight excluding hydrogens is 1220 g/mol. The molecule has 16 nitrogen and oxygen atoms in total. The monoisotopic (exact) mass is 1320 g/mol. The quantitative estimate of drug-likeness (QED) is 0.101. The van der Waals surface area contributed by atoms with E-state index in [4.69, 9.17) is 0 Å². The second-order valence-corrected chi connectivity index (χ2v) is 32.6. The fraction of sp³-hybridized carbons (Fsp3) is 0.415. The first kappa shape index (κ1) is 72.8. The molecule has 0 aliphatic heterocycles. The molecule has 0 saturated carbocycles. The Morgan fingerprint density at radius 2 is 0.531 bits per heavy atom. The molecule has 4 N–H and O–H groups in total. The normalized spacial score (nSPS) is 12.9. The highest BCUT2D eigenvalue weighted by Gasteiger charge is 2.32. The fourth-order valence-electron chi connectivity index (χ4n) is 11.3. The maximum Gasteiger partial charge on any atom is 0.146 e. The molecule has 12 aromatic rings. The van der Waals surface area contributed by atoms with Crippen LogP contribution in [0.15, 0.2) is 146 Å². The van der Waals surface area contributed by atoms with Gasteiger partial charge in [0, 0.05) is 16.7 Å². The highest BCUT2D eigenvalue weighted by molar-refractivity contribution is 5.77. The molecule has 0 aliphatic rings. The highest BCUT2D eigenvalue weighted by atomic mass is 16.3. The van der Waals surface area contributed by atoms with E-state index in [1.54, 1.807) is 19.2 Å². The van der Waals surface area contributed by atoms with Crippen LogP contribution < -0.4 is 0 Å². The predicted octanol–water partition coefficient (Wildman–Crippen LogP) is 19.9. The Labute approximate surface area is 579 Å². The van der Waals surface area contributed by atoms with E-state index in [9.17, 15) is 20.4 Å². The predicted molar refractivity (Wildman–Crippen MR) is 401 cm³/mol. The first-order valence-electron chi connectivity index (χ1n) is 34.5. The molecule has 4 aromatic heterocycles. The lowest BCUT2D eigenvalue weighted by Crippen LogP contribution is -2.21. The van der Waals surface area contributed by atoms with E-state index in [0.717, 1.165) is 96.8 Å². The van der Waals surface area contributed by atoms with Crippen LogP contribution in [0.4, 0.5) is 0 Å². The summed E-state index contributed by atoms with van der Waals surface area (Å²) in [5.41, 5.74) is 17.0. The topological polar surface area (TPSA) is 204 Å². The van der Waals surface area contributed by atoms with Gasteiger partial charge in [-0.2, -0.15) is 0 Å². The van der Waals surface area contributed by atoms with Crippen LogP contribution in [0, 0.1) is 0 Å². The Balaban J connectivity index is 0.000000153. The fourth-order valence-corrected chi connectivity index (χ4v) is 11.3. The minimum absolute atomic E-state index is 0.00754. The number of fused-ring (bicyclic) bond motifs is 4. The molecule has 1 atom stereocenters. The van der Waals surface area contributed by atoms with Crippen molar-refractivity contribution in [3.8, 4) is 45.7 Å². The zero-order chi connectivity index (χ0) is 72.0. The van der Waals surface area contributed by atoms with Crippen LogP contribution in [0.3, 0.4) is 0 Å². The zero-order valence-corrected chi connectivity index (χ0v) is 62.2. The summed E-state index contributed by atoms with van der Waals surface area (Å²) >= 11 is 0. The van der Waals surface area contributed by atoms with E-state index in [1.807, 2.05) is 121 Å². The molecule has 98 heavy (non-hydrogen) atoms. The van der Waals surface area contributed by atoms with E-state index in [-0.39, 0.29) is 66.8 Å². The molecule has 0 radical (unpaired) electrons. The van der Waals surface area contributed by atoms with Crippen molar-refractivity contribution in [3.63, 3.8) is 0 Å². The van der Waals surface area contributed by atoms with Crippen molar-refractivity contribution in [2.75, 3.05) is 0 Å². The number of nitrogens with zero attached hydrogens (tertiary/aromatic N) is 12. The maximum absolute atomic E-state index is 11.1. The third-order valence-corrected chi connectivity index (χ3v) is 19.0. The van der Waals surface area contributed by atoms with Crippen LogP contribution in [0.1, 0.15) is 229 Å².